The van der Waals surface area contributed by atoms with Crippen LogP contribution in [-0.4, -0.2) is 0 Å². The molecule has 212 valence electrons. The van der Waals surface area contributed by atoms with Crippen molar-refractivity contribution in [3.05, 3.63) is 175 Å². The summed E-state index contributed by atoms with van der Waals surface area (Å²) in [7, 11) is 0. The van der Waals surface area contributed by atoms with Crippen LogP contribution in [0.1, 0.15) is 25.3 Å². The van der Waals surface area contributed by atoms with Gasteiger partial charge in [0.1, 0.15) is 0 Å². The monoisotopic (exact) mass is 565 g/mol. The molecule has 0 fully saturated rings. The van der Waals surface area contributed by atoms with Crippen LogP contribution in [0.25, 0.3) is 44.2 Å². The Morgan fingerprint density at radius 1 is 0.386 bits per heavy atom. The van der Waals surface area contributed by atoms with Gasteiger partial charge in [-0.15, -0.1) is 0 Å². The lowest BCUT2D eigenvalue weighted by atomic mass is 9.89. The lowest BCUT2D eigenvalue weighted by Gasteiger charge is -2.31. The molecule has 0 aliphatic carbocycles. The van der Waals surface area contributed by atoms with Crippen LogP contribution in [0.2, 0.25) is 0 Å². The van der Waals surface area contributed by atoms with Gasteiger partial charge in [0.2, 0.25) is 0 Å². The van der Waals surface area contributed by atoms with Gasteiger partial charge in [0.15, 0.2) is 0 Å². The maximum absolute atomic E-state index is 2.45. The van der Waals surface area contributed by atoms with Crippen molar-refractivity contribution in [1.82, 2.24) is 0 Å². The van der Waals surface area contributed by atoms with Crippen molar-refractivity contribution in [3.63, 3.8) is 0 Å². The van der Waals surface area contributed by atoms with Crippen LogP contribution in [-0.2, 0) is 0 Å². The average molecular weight is 566 g/mol. The standard InChI is InChI=1S/C43H35N/c1-31(2)41-30-42(36-18-10-5-11-19-36)39-20-12-13-21-40(39)43(41)44(37-26-22-34(23-27-37)32-14-6-3-7-15-32)38-28-24-35(25-29-38)33-16-8-4-9-17-33/h3-31H,1-2H3. The zero-order valence-corrected chi connectivity index (χ0v) is 25.2. The van der Waals surface area contributed by atoms with Crippen LogP contribution < -0.4 is 4.90 Å². The summed E-state index contributed by atoms with van der Waals surface area (Å²) in [6, 6.07) is 61.3. The first-order chi connectivity index (χ1) is 21.7. The van der Waals surface area contributed by atoms with E-state index in [1.807, 2.05) is 0 Å². The van der Waals surface area contributed by atoms with Gasteiger partial charge >= 0.3 is 0 Å². The van der Waals surface area contributed by atoms with Crippen molar-refractivity contribution >= 4 is 27.8 Å². The van der Waals surface area contributed by atoms with E-state index in [4.69, 9.17) is 0 Å². The predicted molar refractivity (Wildman–Crippen MR) is 189 cm³/mol. The summed E-state index contributed by atoms with van der Waals surface area (Å²) in [5.74, 6) is 0.312. The Kier molecular flexibility index (Phi) is 7.53. The third-order valence-electron chi connectivity index (χ3n) is 8.44. The molecule has 0 bridgehead atoms. The summed E-state index contributed by atoms with van der Waals surface area (Å²) >= 11 is 0. The highest BCUT2D eigenvalue weighted by atomic mass is 15.1. The summed E-state index contributed by atoms with van der Waals surface area (Å²) in [5, 5.41) is 2.50. The minimum atomic E-state index is 0.312. The van der Waals surface area contributed by atoms with Crippen molar-refractivity contribution < 1.29 is 0 Å². The fourth-order valence-electron chi connectivity index (χ4n) is 6.20. The van der Waals surface area contributed by atoms with Gasteiger partial charge in [0.25, 0.3) is 0 Å². The zero-order chi connectivity index (χ0) is 29.9. The summed E-state index contributed by atoms with van der Waals surface area (Å²) in [4.78, 5) is 2.45. The van der Waals surface area contributed by atoms with Gasteiger partial charge in [0.05, 0.1) is 5.69 Å². The van der Waals surface area contributed by atoms with Crippen LogP contribution in [0.5, 0.6) is 0 Å². The maximum atomic E-state index is 2.45. The number of fused-ring (bicyclic) bond motifs is 1. The minimum absolute atomic E-state index is 0.312. The summed E-state index contributed by atoms with van der Waals surface area (Å²) in [6.45, 7) is 4.61. The highest BCUT2D eigenvalue weighted by Crippen LogP contribution is 2.47. The molecule has 0 N–H and O–H groups in total. The van der Waals surface area contributed by atoms with Gasteiger partial charge in [-0.05, 0) is 80.6 Å². The molecule has 44 heavy (non-hydrogen) atoms. The molecule has 7 rings (SSSR count). The number of nitrogens with zero attached hydrogens (tertiary/aromatic N) is 1. The molecule has 0 unspecified atom stereocenters. The van der Waals surface area contributed by atoms with Crippen molar-refractivity contribution in [3.8, 4) is 33.4 Å². The number of benzene rings is 7. The lowest BCUT2D eigenvalue weighted by Crippen LogP contribution is -2.14. The minimum Gasteiger partial charge on any atom is -0.310 e. The topological polar surface area (TPSA) is 3.24 Å². The van der Waals surface area contributed by atoms with Crippen LogP contribution in [0, 0.1) is 0 Å². The molecule has 0 heterocycles. The SMILES string of the molecule is CC(C)c1cc(-c2ccccc2)c2ccccc2c1N(c1ccc(-c2ccccc2)cc1)c1ccc(-c2ccccc2)cc1. The summed E-state index contributed by atoms with van der Waals surface area (Å²) in [5.41, 5.74) is 12.2. The maximum Gasteiger partial charge on any atom is 0.0575 e. The van der Waals surface area contributed by atoms with E-state index in [0.717, 1.165) is 11.4 Å². The van der Waals surface area contributed by atoms with Gasteiger partial charge in [-0.1, -0.05) is 153 Å². The van der Waals surface area contributed by atoms with Gasteiger partial charge in [-0.3, -0.25) is 0 Å². The molecule has 7 aromatic carbocycles. The van der Waals surface area contributed by atoms with Crippen LogP contribution in [0.4, 0.5) is 17.1 Å². The van der Waals surface area contributed by atoms with Crippen molar-refractivity contribution in [1.29, 1.82) is 0 Å². The first-order valence-electron chi connectivity index (χ1n) is 15.4. The van der Waals surface area contributed by atoms with Gasteiger partial charge in [-0.2, -0.15) is 0 Å². The van der Waals surface area contributed by atoms with Gasteiger partial charge in [0, 0.05) is 16.8 Å². The third-order valence-corrected chi connectivity index (χ3v) is 8.44. The predicted octanol–water partition coefficient (Wildman–Crippen LogP) is 12.4. The number of anilines is 3. The first kappa shape index (κ1) is 27.4. The quantitative estimate of drug-likeness (QED) is 0.186. The number of rotatable bonds is 7. The average Bonchev–Trinajstić information content (AvgIpc) is 3.10. The van der Waals surface area contributed by atoms with Crippen molar-refractivity contribution in [2.75, 3.05) is 4.90 Å². The number of hydrogen-bond donors (Lipinski definition) is 0. The highest BCUT2D eigenvalue weighted by Gasteiger charge is 2.23. The van der Waals surface area contributed by atoms with E-state index in [9.17, 15) is 0 Å². The molecule has 0 aromatic heterocycles. The van der Waals surface area contributed by atoms with Gasteiger partial charge < -0.3 is 4.90 Å². The smallest absolute Gasteiger partial charge is 0.0575 e. The van der Waals surface area contributed by atoms with E-state index < -0.39 is 0 Å². The molecular formula is C43H35N. The normalized spacial score (nSPS) is 11.2. The summed E-state index contributed by atoms with van der Waals surface area (Å²) in [6.07, 6.45) is 0. The third kappa shape index (κ3) is 5.29. The fraction of sp³-hybridized carbons (Fsp3) is 0.0698. The molecule has 1 nitrogen and oxygen atoms in total. The molecule has 0 aliphatic rings. The van der Waals surface area contributed by atoms with Crippen LogP contribution >= 0.6 is 0 Å². The zero-order valence-electron chi connectivity index (χ0n) is 25.2. The van der Waals surface area contributed by atoms with E-state index in [1.54, 1.807) is 0 Å². The molecule has 0 aliphatic heterocycles. The molecule has 0 amide bonds. The van der Waals surface area contributed by atoms with E-state index in [1.165, 1.54) is 55.4 Å². The van der Waals surface area contributed by atoms with Crippen molar-refractivity contribution in [2.24, 2.45) is 0 Å². The Morgan fingerprint density at radius 2 is 0.773 bits per heavy atom. The Hall–Kier alpha value is -5.40. The number of hydrogen-bond acceptors (Lipinski definition) is 1. The molecule has 7 aromatic rings. The largest absolute Gasteiger partial charge is 0.310 e. The molecule has 0 saturated carbocycles. The molecule has 0 saturated heterocycles. The molecule has 0 radical (unpaired) electrons. The molecule has 0 spiro atoms. The second kappa shape index (κ2) is 12.1. The second-order valence-electron chi connectivity index (χ2n) is 11.6. The van der Waals surface area contributed by atoms with E-state index in [-0.39, 0.29) is 0 Å². The van der Waals surface area contributed by atoms with E-state index in [2.05, 4.69) is 189 Å². The lowest BCUT2D eigenvalue weighted by molar-refractivity contribution is 0.867. The second-order valence-corrected chi connectivity index (χ2v) is 11.6. The van der Waals surface area contributed by atoms with E-state index in [0.29, 0.717) is 5.92 Å². The van der Waals surface area contributed by atoms with E-state index >= 15 is 0 Å². The Morgan fingerprint density at radius 3 is 1.23 bits per heavy atom. The molecular weight excluding hydrogens is 530 g/mol. The van der Waals surface area contributed by atoms with Gasteiger partial charge in [-0.25, -0.2) is 0 Å². The summed E-state index contributed by atoms with van der Waals surface area (Å²) < 4.78 is 0. The Balaban J connectivity index is 1.46. The first-order valence-corrected chi connectivity index (χ1v) is 15.4. The van der Waals surface area contributed by atoms with Crippen LogP contribution in [0.15, 0.2) is 170 Å². The Bertz CT molecular complexity index is 1910. The Labute approximate surface area is 260 Å². The van der Waals surface area contributed by atoms with Crippen LogP contribution in [0.3, 0.4) is 0 Å². The molecule has 1 heteroatoms. The van der Waals surface area contributed by atoms with Crippen molar-refractivity contribution in [2.45, 2.75) is 19.8 Å². The fourth-order valence-corrected chi connectivity index (χ4v) is 6.20. The highest BCUT2D eigenvalue weighted by molar-refractivity contribution is 6.08. The molecule has 0 atom stereocenters.